The Kier molecular flexibility index (Phi) is 4.76. The SMILES string of the molecule is CC(CN1CCOCC1)Nc1cncc(Br)c1. The summed E-state index contributed by atoms with van der Waals surface area (Å²) in [4.78, 5) is 6.56. The number of ether oxygens (including phenoxy) is 1. The number of halogens is 1. The second-order valence-electron chi connectivity index (χ2n) is 4.35. The van der Waals surface area contributed by atoms with Gasteiger partial charge in [-0.3, -0.25) is 9.88 Å². The van der Waals surface area contributed by atoms with E-state index in [9.17, 15) is 0 Å². The third-order valence-corrected chi connectivity index (χ3v) is 3.19. The Morgan fingerprint density at radius 1 is 1.47 bits per heavy atom. The number of morpholine rings is 1. The Morgan fingerprint density at radius 3 is 2.94 bits per heavy atom. The topological polar surface area (TPSA) is 37.4 Å². The van der Waals surface area contributed by atoms with Crippen molar-refractivity contribution in [3.63, 3.8) is 0 Å². The normalized spacial score (nSPS) is 18.9. The minimum absolute atomic E-state index is 0.407. The predicted molar refractivity (Wildman–Crippen MR) is 72.3 cm³/mol. The van der Waals surface area contributed by atoms with Crippen LogP contribution in [0, 0.1) is 0 Å². The first-order valence-corrected chi connectivity index (χ1v) is 6.70. The number of nitrogens with zero attached hydrogens (tertiary/aromatic N) is 2. The standard InChI is InChI=1S/C12H18BrN3O/c1-10(9-16-2-4-17-5-3-16)15-12-6-11(13)7-14-8-12/h6-8,10,15H,2-5,9H2,1H3. The largest absolute Gasteiger partial charge is 0.380 e. The molecule has 0 aromatic carbocycles. The van der Waals surface area contributed by atoms with Crippen LogP contribution in [0.4, 0.5) is 5.69 Å². The summed E-state index contributed by atoms with van der Waals surface area (Å²) in [5.74, 6) is 0. The van der Waals surface area contributed by atoms with Crippen molar-refractivity contribution in [1.29, 1.82) is 0 Å². The van der Waals surface area contributed by atoms with Crippen LogP contribution in [0.2, 0.25) is 0 Å². The van der Waals surface area contributed by atoms with Crippen molar-refractivity contribution in [3.8, 4) is 0 Å². The first kappa shape index (κ1) is 12.8. The first-order chi connectivity index (χ1) is 8.24. The molecule has 0 bridgehead atoms. The quantitative estimate of drug-likeness (QED) is 0.922. The van der Waals surface area contributed by atoms with E-state index in [0.29, 0.717) is 6.04 Å². The number of anilines is 1. The number of pyridine rings is 1. The molecule has 1 unspecified atom stereocenters. The predicted octanol–water partition coefficient (Wildman–Crippen LogP) is 1.98. The van der Waals surface area contributed by atoms with Crippen LogP contribution in [0.15, 0.2) is 22.9 Å². The highest BCUT2D eigenvalue weighted by molar-refractivity contribution is 9.10. The highest BCUT2D eigenvalue weighted by atomic mass is 79.9. The highest BCUT2D eigenvalue weighted by Gasteiger charge is 2.13. The number of aromatic nitrogens is 1. The van der Waals surface area contributed by atoms with Crippen LogP contribution < -0.4 is 5.32 Å². The van der Waals surface area contributed by atoms with E-state index in [1.54, 1.807) is 6.20 Å². The molecule has 1 aliphatic heterocycles. The minimum Gasteiger partial charge on any atom is -0.380 e. The van der Waals surface area contributed by atoms with Crippen LogP contribution in [0.5, 0.6) is 0 Å². The monoisotopic (exact) mass is 299 g/mol. The molecule has 0 amide bonds. The number of hydrogen-bond acceptors (Lipinski definition) is 4. The summed E-state index contributed by atoms with van der Waals surface area (Å²) in [6.45, 7) is 6.99. The van der Waals surface area contributed by atoms with E-state index in [1.807, 2.05) is 12.3 Å². The Morgan fingerprint density at radius 2 is 2.24 bits per heavy atom. The zero-order chi connectivity index (χ0) is 12.1. The molecular weight excluding hydrogens is 282 g/mol. The molecule has 1 aromatic rings. The van der Waals surface area contributed by atoms with Gasteiger partial charge in [-0.15, -0.1) is 0 Å². The Hall–Kier alpha value is -0.650. The second kappa shape index (κ2) is 6.33. The molecule has 2 heterocycles. The van der Waals surface area contributed by atoms with Crippen LogP contribution in [0.1, 0.15) is 6.92 Å². The first-order valence-electron chi connectivity index (χ1n) is 5.91. The van der Waals surface area contributed by atoms with E-state index in [0.717, 1.165) is 43.0 Å². The van der Waals surface area contributed by atoms with E-state index >= 15 is 0 Å². The van der Waals surface area contributed by atoms with E-state index in [1.165, 1.54) is 0 Å². The van der Waals surface area contributed by atoms with Crippen molar-refractivity contribution >= 4 is 21.6 Å². The van der Waals surface area contributed by atoms with E-state index in [4.69, 9.17) is 4.74 Å². The Labute approximate surface area is 110 Å². The van der Waals surface area contributed by atoms with Gasteiger partial charge in [0.2, 0.25) is 0 Å². The minimum atomic E-state index is 0.407. The molecule has 5 heteroatoms. The lowest BCUT2D eigenvalue weighted by Gasteiger charge is -2.29. The lowest BCUT2D eigenvalue weighted by atomic mass is 10.2. The molecule has 1 fully saturated rings. The van der Waals surface area contributed by atoms with Gasteiger partial charge in [0.25, 0.3) is 0 Å². The second-order valence-corrected chi connectivity index (χ2v) is 5.27. The smallest absolute Gasteiger partial charge is 0.0594 e. The molecule has 1 aliphatic rings. The Balaban J connectivity index is 1.82. The van der Waals surface area contributed by atoms with Gasteiger partial charge in [0.05, 0.1) is 25.1 Å². The summed E-state index contributed by atoms with van der Waals surface area (Å²) in [6.07, 6.45) is 3.64. The van der Waals surface area contributed by atoms with Gasteiger partial charge in [-0.25, -0.2) is 0 Å². The zero-order valence-electron chi connectivity index (χ0n) is 10.0. The third kappa shape index (κ3) is 4.26. The Bertz CT molecular complexity index is 355. The van der Waals surface area contributed by atoms with Gasteiger partial charge in [-0.1, -0.05) is 0 Å². The van der Waals surface area contributed by atoms with Gasteiger partial charge in [0, 0.05) is 36.3 Å². The molecule has 1 saturated heterocycles. The molecule has 17 heavy (non-hydrogen) atoms. The molecule has 2 rings (SSSR count). The van der Waals surface area contributed by atoms with Crippen molar-refractivity contribution in [1.82, 2.24) is 9.88 Å². The summed E-state index contributed by atoms with van der Waals surface area (Å²) in [7, 11) is 0. The maximum absolute atomic E-state index is 5.34. The maximum atomic E-state index is 5.34. The average molecular weight is 300 g/mol. The van der Waals surface area contributed by atoms with Crippen molar-refractivity contribution in [2.24, 2.45) is 0 Å². The van der Waals surface area contributed by atoms with E-state index < -0.39 is 0 Å². The fourth-order valence-corrected chi connectivity index (χ4v) is 2.36. The zero-order valence-corrected chi connectivity index (χ0v) is 11.6. The summed E-state index contributed by atoms with van der Waals surface area (Å²) < 4.78 is 6.34. The van der Waals surface area contributed by atoms with Gasteiger partial charge >= 0.3 is 0 Å². The molecule has 0 aliphatic carbocycles. The number of rotatable bonds is 4. The van der Waals surface area contributed by atoms with Gasteiger partial charge < -0.3 is 10.1 Å². The van der Waals surface area contributed by atoms with Gasteiger partial charge in [0.1, 0.15) is 0 Å². The van der Waals surface area contributed by atoms with E-state index in [-0.39, 0.29) is 0 Å². The molecule has 4 nitrogen and oxygen atoms in total. The lowest BCUT2D eigenvalue weighted by molar-refractivity contribution is 0.0368. The van der Waals surface area contributed by atoms with Gasteiger partial charge in [-0.2, -0.15) is 0 Å². The maximum Gasteiger partial charge on any atom is 0.0594 e. The van der Waals surface area contributed by atoms with Gasteiger partial charge in [0.15, 0.2) is 0 Å². The molecule has 94 valence electrons. The van der Waals surface area contributed by atoms with Crippen molar-refractivity contribution in [3.05, 3.63) is 22.9 Å². The van der Waals surface area contributed by atoms with Crippen LogP contribution in [0.3, 0.4) is 0 Å². The van der Waals surface area contributed by atoms with Crippen LogP contribution >= 0.6 is 15.9 Å². The molecule has 0 spiro atoms. The fourth-order valence-electron chi connectivity index (χ4n) is 1.99. The average Bonchev–Trinajstić information content (AvgIpc) is 2.30. The molecule has 1 aromatic heterocycles. The van der Waals surface area contributed by atoms with Crippen LogP contribution in [-0.4, -0.2) is 48.8 Å². The lowest BCUT2D eigenvalue weighted by Crippen LogP contribution is -2.42. The fraction of sp³-hybridized carbons (Fsp3) is 0.583. The summed E-state index contributed by atoms with van der Waals surface area (Å²) in [6, 6.07) is 2.45. The molecule has 1 atom stereocenters. The number of hydrogen-bond donors (Lipinski definition) is 1. The van der Waals surface area contributed by atoms with Crippen molar-refractivity contribution < 1.29 is 4.74 Å². The summed E-state index contributed by atoms with van der Waals surface area (Å²) >= 11 is 3.42. The molecule has 1 N–H and O–H groups in total. The molecular formula is C12H18BrN3O. The van der Waals surface area contributed by atoms with Crippen LogP contribution in [-0.2, 0) is 4.74 Å². The van der Waals surface area contributed by atoms with Gasteiger partial charge in [-0.05, 0) is 28.9 Å². The van der Waals surface area contributed by atoms with Crippen LogP contribution in [0.25, 0.3) is 0 Å². The van der Waals surface area contributed by atoms with Crippen molar-refractivity contribution in [2.75, 3.05) is 38.2 Å². The molecule has 0 saturated carbocycles. The third-order valence-electron chi connectivity index (χ3n) is 2.75. The van der Waals surface area contributed by atoms with Crippen molar-refractivity contribution in [2.45, 2.75) is 13.0 Å². The highest BCUT2D eigenvalue weighted by Crippen LogP contribution is 2.14. The molecule has 0 radical (unpaired) electrons. The summed E-state index contributed by atoms with van der Waals surface area (Å²) in [5, 5.41) is 3.46. The number of nitrogens with one attached hydrogen (secondary N) is 1. The van der Waals surface area contributed by atoms with E-state index in [2.05, 4.69) is 38.1 Å². The summed E-state index contributed by atoms with van der Waals surface area (Å²) in [5.41, 5.74) is 1.06.